The first-order valence-electron chi connectivity index (χ1n) is 10.4. The Hall–Kier alpha value is -2.87. The first-order valence-corrected chi connectivity index (χ1v) is 10.4. The quantitative estimate of drug-likeness (QED) is 0.783. The number of amides is 1. The summed E-state index contributed by atoms with van der Waals surface area (Å²) in [6.45, 7) is 4.34. The minimum Gasteiger partial charge on any atom is -0.503 e. The van der Waals surface area contributed by atoms with Crippen LogP contribution in [0.15, 0.2) is 35.1 Å². The third-order valence-corrected chi connectivity index (χ3v) is 5.72. The molecule has 0 unspecified atom stereocenters. The molecule has 30 heavy (non-hydrogen) atoms. The summed E-state index contributed by atoms with van der Waals surface area (Å²) in [5.74, 6) is -1.04. The number of carbonyl (C=O) groups is 1. The summed E-state index contributed by atoms with van der Waals surface area (Å²) >= 11 is 0. The van der Waals surface area contributed by atoms with E-state index in [1.807, 2.05) is 0 Å². The van der Waals surface area contributed by atoms with Crippen LogP contribution in [0.4, 0.5) is 4.39 Å². The molecular formula is C22H26FN3O4. The molecule has 0 spiro atoms. The van der Waals surface area contributed by atoms with Gasteiger partial charge in [-0.2, -0.15) is 0 Å². The lowest BCUT2D eigenvalue weighted by atomic mass is 10.1. The Bertz CT molecular complexity index is 968. The maximum atomic E-state index is 13.1. The van der Waals surface area contributed by atoms with Gasteiger partial charge < -0.3 is 19.3 Å². The minimum absolute atomic E-state index is 0.0520. The molecule has 4 rings (SSSR count). The largest absolute Gasteiger partial charge is 0.503 e. The molecule has 8 heteroatoms. The van der Waals surface area contributed by atoms with Crippen molar-refractivity contribution in [2.45, 2.75) is 32.4 Å². The summed E-state index contributed by atoms with van der Waals surface area (Å²) in [6, 6.07) is 7.16. The smallest absolute Gasteiger partial charge is 0.274 e. The van der Waals surface area contributed by atoms with Crippen LogP contribution in [0, 0.1) is 5.82 Å². The highest BCUT2D eigenvalue weighted by Crippen LogP contribution is 2.26. The van der Waals surface area contributed by atoms with Crippen LogP contribution in [0.3, 0.4) is 0 Å². The van der Waals surface area contributed by atoms with E-state index in [1.165, 1.54) is 37.5 Å². The Balaban J connectivity index is 1.50. The van der Waals surface area contributed by atoms with Gasteiger partial charge in [-0.1, -0.05) is 18.6 Å². The number of aromatic hydroxyl groups is 1. The highest BCUT2D eigenvalue weighted by Gasteiger charge is 2.30. The van der Waals surface area contributed by atoms with Crippen molar-refractivity contribution in [2.75, 3.05) is 32.8 Å². The molecule has 1 saturated heterocycles. The summed E-state index contributed by atoms with van der Waals surface area (Å²) in [4.78, 5) is 29.1. The van der Waals surface area contributed by atoms with Gasteiger partial charge in [0.15, 0.2) is 17.3 Å². The number of piperidine rings is 1. The van der Waals surface area contributed by atoms with Crippen molar-refractivity contribution in [3.8, 4) is 11.6 Å². The number of benzene rings is 1. The summed E-state index contributed by atoms with van der Waals surface area (Å²) in [5, 5.41) is 10.3. The average molecular weight is 415 g/mol. The van der Waals surface area contributed by atoms with Crippen molar-refractivity contribution in [1.29, 1.82) is 0 Å². The lowest BCUT2D eigenvalue weighted by Crippen LogP contribution is -2.41. The number of halogens is 1. The number of hydrogen-bond acceptors (Lipinski definition) is 5. The lowest BCUT2D eigenvalue weighted by Gasteiger charge is -2.32. The second-order valence-corrected chi connectivity index (χ2v) is 7.80. The van der Waals surface area contributed by atoms with Crippen LogP contribution in [-0.2, 0) is 13.1 Å². The molecule has 160 valence electrons. The van der Waals surface area contributed by atoms with Gasteiger partial charge in [0.1, 0.15) is 12.4 Å². The van der Waals surface area contributed by atoms with Crippen molar-refractivity contribution in [3.63, 3.8) is 0 Å². The molecular weight excluding hydrogens is 389 g/mol. The third-order valence-electron chi connectivity index (χ3n) is 5.72. The fourth-order valence-electron chi connectivity index (χ4n) is 4.07. The van der Waals surface area contributed by atoms with Crippen LogP contribution >= 0.6 is 0 Å². The molecule has 1 amide bonds. The van der Waals surface area contributed by atoms with E-state index in [0.29, 0.717) is 25.6 Å². The van der Waals surface area contributed by atoms with Gasteiger partial charge in [0.05, 0.1) is 0 Å². The zero-order chi connectivity index (χ0) is 21.1. The van der Waals surface area contributed by atoms with Crippen LogP contribution in [0.1, 0.15) is 35.3 Å². The van der Waals surface area contributed by atoms with Crippen molar-refractivity contribution in [1.82, 2.24) is 14.4 Å². The molecule has 1 aromatic heterocycles. The molecule has 3 heterocycles. The molecule has 7 nitrogen and oxygen atoms in total. The molecule has 2 aliphatic rings. The van der Waals surface area contributed by atoms with Crippen LogP contribution in [0.25, 0.3) is 0 Å². The Morgan fingerprint density at radius 2 is 1.73 bits per heavy atom. The zero-order valence-corrected chi connectivity index (χ0v) is 16.8. The SMILES string of the molecule is O=C1c2c(O)c(=O)cc(OCCN3CCCCC3)n2CCN1Cc1ccc(F)cc1. The second-order valence-electron chi connectivity index (χ2n) is 7.80. The number of carbonyl (C=O) groups excluding carboxylic acids is 1. The maximum Gasteiger partial charge on any atom is 0.274 e. The van der Waals surface area contributed by atoms with E-state index < -0.39 is 17.1 Å². The summed E-state index contributed by atoms with van der Waals surface area (Å²) < 4.78 is 20.6. The maximum absolute atomic E-state index is 13.1. The molecule has 0 aliphatic carbocycles. The number of likely N-dealkylation sites (tertiary alicyclic amines) is 1. The van der Waals surface area contributed by atoms with E-state index in [2.05, 4.69) is 4.90 Å². The monoisotopic (exact) mass is 415 g/mol. The summed E-state index contributed by atoms with van der Waals surface area (Å²) in [6.07, 6.45) is 3.63. The third kappa shape index (κ3) is 4.33. The van der Waals surface area contributed by atoms with Crippen LogP contribution in [-0.4, -0.2) is 58.2 Å². The highest BCUT2D eigenvalue weighted by molar-refractivity contribution is 5.96. The fourth-order valence-corrected chi connectivity index (χ4v) is 4.07. The number of ether oxygens (including phenoxy) is 1. The van der Waals surface area contributed by atoms with E-state index in [0.717, 1.165) is 25.2 Å². The van der Waals surface area contributed by atoms with Gasteiger partial charge in [-0.15, -0.1) is 0 Å². The van der Waals surface area contributed by atoms with Crippen molar-refractivity contribution < 1.29 is 19.0 Å². The first kappa shape index (κ1) is 20.4. The predicted octanol–water partition coefficient (Wildman–Crippen LogP) is 2.21. The van der Waals surface area contributed by atoms with Gasteiger partial charge in [0.25, 0.3) is 5.91 Å². The Labute approximate surface area is 174 Å². The second kappa shape index (κ2) is 8.87. The van der Waals surface area contributed by atoms with Gasteiger partial charge in [-0.3, -0.25) is 14.5 Å². The van der Waals surface area contributed by atoms with Gasteiger partial charge in [0.2, 0.25) is 5.43 Å². The number of pyridine rings is 1. The van der Waals surface area contributed by atoms with Crippen LogP contribution < -0.4 is 10.2 Å². The molecule has 1 fully saturated rings. The normalized spacial score (nSPS) is 17.1. The number of fused-ring (bicyclic) bond motifs is 1. The lowest BCUT2D eigenvalue weighted by molar-refractivity contribution is 0.0673. The van der Waals surface area contributed by atoms with E-state index >= 15 is 0 Å². The van der Waals surface area contributed by atoms with Crippen LogP contribution in [0.2, 0.25) is 0 Å². The minimum atomic E-state index is -0.633. The Morgan fingerprint density at radius 3 is 2.47 bits per heavy atom. The number of aromatic nitrogens is 1. The number of nitrogens with zero attached hydrogens (tertiary/aromatic N) is 3. The van der Waals surface area contributed by atoms with E-state index in [-0.39, 0.29) is 18.1 Å². The molecule has 2 aliphatic heterocycles. The van der Waals surface area contributed by atoms with Crippen LogP contribution in [0.5, 0.6) is 11.6 Å². The zero-order valence-electron chi connectivity index (χ0n) is 16.8. The average Bonchev–Trinajstić information content (AvgIpc) is 2.75. The van der Waals surface area contributed by atoms with E-state index in [9.17, 15) is 19.1 Å². The summed E-state index contributed by atoms with van der Waals surface area (Å²) in [5.41, 5.74) is 0.0870. The molecule has 1 N–H and O–H groups in total. The first-order chi connectivity index (χ1) is 14.5. The van der Waals surface area contributed by atoms with Gasteiger partial charge in [0, 0.05) is 32.2 Å². The van der Waals surface area contributed by atoms with Crippen molar-refractivity contribution >= 4 is 5.91 Å². The van der Waals surface area contributed by atoms with Gasteiger partial charge in [-0.25, -0.2) is 4.39 Å². The molecule has 0 atom stereocenters. The molecule has 0 saturated carbocycles. The Kier molecular flexibility index (Phi) is 6.03. The fraction of sp³-hybridized carbons (Fsp3) is 0.455. The topological polar surface area (TPSA) is 75.0 Å². The molecule has 0 radical (unpaired) electrons. The highest BCUT2D eigenvalue weighted by atomic mass is 19.1. The summed E-state index contributed by atoms with van der Waals surface area (Å²) in [7, 11) is 0. The van der Waals surface area contributed by atoms with Crippen molar-refractivity contribution in [3.05, 3.63) is 57.6 Å². The number of rotatable bonds is 6. The van der Waals surface area contributed by atoms with Gasteiger partial charge in [-0.05, 0) is 43.6 Å². The Morgan fingerprint density at radius 1 is 1.00 bits per heavy atom. The number of hydrogen-bond donors (Lipinski definition) is 1. The van der Waals surface area contributed by atoms with E-state index in [4.69, 9.17) is 4.74 Å². The molecule has 2 aromatic rings. The van der Waals surface area contributed by atoms with E-state index in [1.54, 1.807) is 21.6 Å². The standard InChI is InChI=1S/C22H26FN3O4/c23-17-6-4-16(5-7-17)15-25-10-11-26-19(14-18(27)21(28)20(26)22(25)29)30-13-12-24-8-2-1-3-9-24/h4-7,14,28H,1-3,8-13,15H2. The predicted molar refractivity (Wildman–Crippen MR) is 109 cm³/mol. The van der Waals surface area contributed by atoms with Gasteiger partial charge >= 0.3 is 0 Å². The molecule has 0 bridgehead atoms. The molecule has 1 aromatic carbocycles. The van der Waals surface area contributed by atoms with Crippen molar-refractivity contribution in [2.24, 2.45) is 0 Å².